The maximum Gasteiger partial charge on any atom is 0.274 e. The third-order valence-electron chi connectivity index (χ3n) is 3.67. The molecule has 0 bridgehead atoms. The number of hydrogen-bond acceptors (Lipinski definition) is 5. The second-order valence-corrected chi connectivity index (χ2v) is 10.0. The van der Waals surface area contributed by atoms with Crippen LogP contribution in [-0.4, -0.2) is 33.5 Å². The monoisotopic (exact) mass is 444 g/mol. The Kier molecular flexibility index (Phi) is 5.35. The minimum absolute atomic E-state index is 0.0651. The van der Waals surface area contributed by atoms with Gasteiger partial charge in [-0.3, -0.25) is 9.10 Å². The number of para-hydroxylation sites is 2. The zero-order chi connectivity index (χ0) is 18.0. The highest BCUT2D eigenvalue weighted by atomic mass is 79.9. The van der Waals surface area contributed by atoms with E-state index in [-0.39, 0.29) is 16.7 Å². The average molecular weight is 445 g/mol. The van der Waals surface area contributed by atoms with Crippen LogP contribution in [0, 0.1) is 0 Å². The number of thiophene rings is 1. The highest BCUT2D eigenvalue weighted by Crippen LogP contribution is 2.38. The van der Waals surface area contributed by atoms with Crippen molar-refractivity contribution in [2.75, 3.05) is 17.4 Å². The van der Waals surface area contributed by atoms with Crippen molar-refractivity contribution in [1.29, 1.82) is 0 Å². The molecule has 134 valence electrons. The van der Waals surface area contributed by atoms with Gasteiger partial charge < -0.3 is 10.1 Å². The van der Waals surface area contributed by atoms with E-state index in [1.165, 1.54) is 4.31 Å². The van der Waals surface area contributed by atoms with Crippen LogP contribution in [0.25, 0.3) is 0 Å². The topological polar surface area (TPSA) is 75.7 Å². The average Bonchev–Trinajstić information content (AvgIpc) is 3.05. The van der Waals surface area contributed by atoms with Crippen LogP contribution in [-0.2, 0) is 14.8 Å². The molecular formula is C16H17BrN2O4S2. The van der Waals surface area contributed by atoms with Gasteiger partial charge in [-0.15, -0.1) is 11.3 Å². The normalized spacial score (nSPS) is 16.9. The molecule has 25 heavy (non-hydrogen) atoms. The molecule has 0 fully saturated rings. The Bertz CT molecular complexity index is 882. The van der Waals surface area contributed by atoms with Gasteiger partial charge in [0.25, 0.3) is 15.9 Å². The summed E-state index contributed by atoms with van der Waals surface area (Å²) in [6.45, 7) is 2.40. The molecule has 0 spiro atoms. The predicted octanol–water partition coefficient (Wildman–Crippen LogP) is 2.99. The Balaban J connectivity index is 1.98. The molecule has 9 heteroatoms. The van der Waals surface area contributed by atoms with E-state index in [4.69, 9.17) is 4.74 Å². The van der Waals surface area contributed by atoms with Gasteiger partial charge in [-0.05, 0) is 46.6 Å². The molecular weight excluding hydrogens is 428 g/mol. The van der Waals surface area contributed by atoms with Crippen molar-refractivity contribution in [2.45, 2.75) is 23.7 Å². The third kappa shape index (κ3) is 3.68. The number of carbonyl (C=O) groups is 1. The molecule has 1 aromatic carbocycles. The third-order valence-corrected chi connectivity index (χ3v) is 7.54. The fraction of sp³-hybridized carbons (Fsp3) is 0.312. The first-order valence-corrected chi connectivity index (χ1v) is 10.8. The Morgan fingerprint density at radius 3 is 2.80 bits per heavy atom. The molecule has 3 rings (SSSR count). The first-order valence-electron chi connectivity index (χ1n) is 7.75. The summed E-state index contributed by atoms with van der Waals surface area (Å²) in [5, 5.41) is 2.76. The van der Waals surface area contributed by atoms with Gasteiger partial charge >= 0.3 is 0 Å². The Hall–Kier alpha value is -1.58. The second-order valence-electron chi connectivity index (χ2n) is 5.46. The zero-order valence-corrected chi connectivity index (χ0v) is 16.7. The summed E-state index contributed by atoms with van der Waals surface area (Å²) in [7, 11) is -3.78. The lowest BCUT2D eigenvalue weighted by atomic mass is 10.2. The second kappa shape index (κ2) is 7.35. The largest absolute Gasteiger partial charge is 0.476 e. The van der Waals surface area contributed by atoms with Crippen molar-refractivity contribution in [3.05, 3.63) is 40.2 Å². The van der Waals surface area contributed by atoms with Crippen molar-refractivity contribution >= 4 is 48.9 Å². The van der Waals surface area contributed by atoms with Crippen molar-refractivity contribution in [3.63, 3.8) is 0 Å². The van der Waals surface area contributed by atoms with Crippen LogP contribution >= 0.6 is 27.3 Å². The van der Waals surface area contributed by atoms with Gasteiger partial charge in [0.15, 0.2) is 6.10 Å². The lowest BCUT2D eigenvalue weighted by Gasteiger charge is -2.34. The van der Waals surface area contributed by atoms with Crippen LogP contribution in [0.5, 0.6) is 5.75 Å². The standard InChI is InChI=1S/C16H17BrN2O4S2/c1-2-9-18-16(20)13-10-19(11-5-3-4-6-12(11)23-13)25(21,22)15-8-7-14(17)24-15/h3-8,13H,2,9-10H2,1H3,(H,18,20). The van der Waals surface area contributed by atoms with E-state index in [1.54, 1.807) is 36.4 Å². The Morgan fingerprint density at radius 2 is 2.12 bits per heavy atom. The number of carbonyl (C=O) groups excluding carboxylic acids is 1. The number of halogens is 1. The van der Waals surface area contributed by atoms with E-state index in [2.05, 4.69) is 21.2 Å². The number of sulfonamides is 1. The molecule has 1 amide bonds. The van der Waals surface area contributed by atoms with Crippen LogP contribution < -0.4 is 14.4 Å². The molecule has 1 atom stereocenters. The summed E-state index contributed by atoms with van der Waals surface area (Å²) in [6.07, 6.45) is -0.0973. The molecule has 2 aromatic rings. The zero-order valence-electron chi connectivity index (χ0n) is 13.4. The minimum Gasteiger partial charge on any atom is -0.476 e. The van der Waals surface area contributed by atoms with Crippen LogP contribution in [0.1, 0.15) is 13.3 Å². The summed E-state index contributed by atoms with van der Waals surface area (Å²) >= 11 is 4.42. The number of ether oxygens (including phenoxy) is 1. The number of fused-ring (bicyclic) bond motifs is 1. The lowest BCUT2D eigenvalue weighted by Crippen LogP contribution is -2.50. The van der Waals surface area contributed by atoms with E-state index in [1.807, 2.05) is 6.92 Å². The molecule has 2 heterocycles. The highest BCUT2D eigenvalue weighted by Gasteiger charge is 2.37. The molecule has 0 saturated carbocycles. The summed E-state index contributed by atoms with van der Waals surface area (Å²) in [4.78, 5) is 12.3. The van der Waals surface area contributed by atoms with E-state index < -0.39 is 16.1 Å². The summed E-state index contributed by atoms with van der Waals surface area (Å²) in [5.41, 5.74) is 0.437. The van der Waals surface area contributed by atoms with Gasteiger partial charge in [0, 0.05) is 6.54 Å². The number of benzene rings is 1. The van der Waals surface area contributed by atoms with Gasteiger partial charge in [0.2, 0.25) is 0 Å². The van der Waals surface area contributed by atoms with E-state index in [0.717, 1.165) is 21.5 Å². The molecule has 1 aliphatic rings. The fourth-order valence-electron chi connectivity index (χ4n) is 2.47. The quantitative estimate of drug-likeness (QED) is 0.768. The summed E-state index contributed by atoms with van der Waals surface area (Å²) < 4.78 is 34.1. The molecule has 0 aliphatic carbocycles. The molecule has 1 unspecified atom stereocenters. The SMILES string of the molecule is CCCNC(=O)C1CN(S(=O)(=O)c2ccc(Br)s2)c2ccccc2O1. The first-order chi connectivity index (χ1) is 11.9. The number of anilines is 1. The smallest absolute Gasteiger partial charge is 0.274 e. The fourth-order valence-corrected chi connectivity index (χ4v) is 6.07. The number of nitrogens with zero attached hydrogens (tertiary/aromatic N) is 1. The number of amides is 1. The number of hydrogen-bond donors (Lipinski definition) is 1. The predicted molar refractivity (Wildman–Crippen MR) is 101 cm³/mol. The van der Waals surface area contributed by atoms with Crippen molar-refractivity contribution in [2.24, 2.45) is 0 Å². The van der Waals surface area contributed by atoms with Crippen molar-refractivity contribution in [3.8, 4) is 5.75 Å². The minimum atomic E-state index is -3.78. The molecule has 6 nitrogen and oxygen atoms in total. The maximum atomic E-state index is 13.1. The van der Waals surface area contributed by atoms with Crippen molar-refractivity contribution < 1.29 is 17.9 Å². The van der Waals surface area contributed by atoms with Crippen LogP contribution in [0.2, 0.25) is 0 Å². The Labute approximate surface area is 159 Å². The number of rotatable bonds is 5. The van der Waals surface area contributed by atoms with E-state index in [0.29, 0.717) is 18.0 Å². The maximum absolute atomic E-state index is 13.1. The molecule has 1 aliphatic heterocycles. The Morgan fingerprint density at radius 1 is 1.36 bits per heavy atom. The van der Waals surface area contributed by atoms with Gasteiger partial charge in [-0.25, -0.2) is 8.42 Å². The first kappa shape index (κ1) is 18.2. The summed E-state index contributed by atoms with van der Waals surface area (Å²) in [6, 6.07) is 10.1. The molecule has 1 N–H and O–H groups in total. The molecule has 0 radical (unpaired) electrons. The lowest BCUT2D eigenvalue weighted by molar-refractivity contribution is -0.127. The van der Waals surface area contributed by atoms with Gasteiger partial charge in [-0.1, -0.05) is 19.1 Å². The van der Waals surface area contributed by atoms with Crippen LogP contribution in [0.3, 0.4) is 0 Å². The van der Waals surface area contributed by atoms with Crippen molar-refractivity contribution in [1.82, 2.24) is 5.32 Å². The molecule has 0 saturated heterocycles. The van der Waals surface area contributed by atoms with Gasteiger partial charge in [0.05, 0.1) is 16.0 Å². The van der Waals surface area contributed by atoms with Crippen LogP contribution in [0.15, 0.2) is 44.4 Å². The van der Waals surface area contributed by atoms with Gasteiger partial charge in [0.1, 0.15) is 9.96 Å². The van der Waals surface area contributed by atoms with Gasteiger partial charge in [-0.2, -0.15) is 0 Å². The van der Waals surface area contributed by atoms with E-state index >= 15 is 0 Å². The highest BCUT2D eigenvalue weighted by molar-refractivity contribution is 9.11. The summed E-state index contributed by atoms with van der Waals surface area (Å²) in [5.74, 6) is 0.0634. The van der Waals surface area contributed by atoms with Crippen LogP contribution in [0.4, 0.5) is 5.69 Å². The van der Waals surface area contributed by atoms with E-state index in [9.17, 15) is 13.2 Å². The molecule has 1 aromatic heterocycles. The number of nitrogens with one attached hydrogen (secondary N) is 1.